The number of ether oxygens (including phenoxy) is 1. The molecule has 0 atom stereocenters. The number of carboxylic acids is 1. The first kappa shape index (κ1) is 15.2. The maximum Gasteiger partial charge on any atom is 0.340 e. The van der Waals surface area contributed by atoms with Crippen molar-refractivity contribution in [3.8, 4) is 0 Å². The van der Waals surface area contributed by atoms with E-state index in [0.717, 1.165) is 9.88 Å². The summed E-state index contributed by atoms with van der Waals surface area (Å²) in [6.07, 6.45) is 1.68. The molecule has 5 nitrogen and oxygen atoms in total. The quantitative estimate of drug-likeness (QED) is 0.614. The molecule has 0 saturated carbocycles. The molecule has 1 aromatic rings. The van der Waals surface area contributed by atoms with Crippen LogP contribution in [-0.2, 0) is 9.53 Å². The standard InChI is InChI=1S/C13H17NO4S/c1-4-6-14(7-5-11(15)16)12-10(13(17)18-3)8-9(2)19-12/h4,8H,1,5-7H2,2-3H3,(H,15,16). The summed E-state index contributed by atoms with van der Waals surface area (Å²) in [5, 5.41) is 9.49. The lowest BCUT2D eigenvalue weighted by Gasteiger charge is -2.21. The first-order valence-corrected chi connectivity index (χ1v) is 6.57. The fraction of sp³-hybridized carbons (Fsp3) is 0.385. The Bertz CT molecular complexity index is 481. The summed E-state index contributed by atoms with van der Waals surface area (Å²) in [7, 11) is 1.33. The molecule has 1 aromatic heterocycles. The molecule has 0 aliphatic rings. The number of methoxy groups -OCH3 is 1. The Hall–Kier alpha value is -1.82. The van der Waals surface area contributed by atoms with E-state index >= 15 is 0 Å². The van der Waals surface area contributed by atoms with E-state index < -0.39 is 11.9 Å². The highest BCUT2D eigenvalue weighted by molar-refractivity contribution is 7.16. The average Bonchev–Trinajstić information content (AvgIpc) is 2.75. The van der Waals surface area contributed by atoms with Crippen molar-refractivity contribution in [2.45, 2.75) is 13.3 Å². The number of hydrogen-bond donors (Lipinski definition) is 1. The molecule has 0 spiro atoms. The molecule has 0 aliphatic heterocycles. The zero-order valence-corrected chi connectivity index (χ0v) is 11.8. The third kappa shape index (κ3) is 4.10. The second kappa shape index (κ2) is 6.94. The molecule has 0 saturated heterocycles. The van der Waals surface area contributed by atoms with Crippen LogP contribution in [0.15, 0.2) is 18.7 Å². The number of hydrogen-bond acceptors (Lipinski definition) is 5. The van der Waals surface area contributed by atoms with E-state index in [1.165, 1.54) is 18.4 Å². The van der Waals surface area contributed by atoms with Gasteiger partial charge in [0.1, 0.15) is 5.00 Å². The lowest BCUT2D eigenvalue weighted by Crippen LogP contribution is -2.27. The smallest absolute Gasteiger partial charge is 0.340 e. The SMILES string of the molecule is C=CCN(CCC(=O)O)c1sc(C)cc1C(=O)OC. The fourth-order valence-electron chi connectivity index (χ4n) is 1.66. The highest BCUT2D eigenvalue weighted by atomic mass is 32.1. The second-order valence-corrected chi connectivity index (χ2v) is 5.18. The van der Waals surface area contributed by atoms with Gasteiger partial charge in [-0.1, -0.05) is 6.08 Å². The van der Waals surface area contributed by atoms with Crippen LogP contribution in [0.5, 0.6) is 0 Å². The fourth-order valence-corrected chi connectivity index (χ4v) is 2.68. The monoisotopic (exact) mass is 283 g/mol. The van der Waals surface area contributed by atoms with Crippen molar-refractivity contribution < 1.29 is 19.4 Å². The number of carbonyl (C=O) groups excluding carboxylic acids is 1. The molecule has 0 amide bonds. The number of carboxylic acid groups (broad SMARTS) is 1. The molecule has 0 aromatic carbocycles. The normalized spacial score (nSPS) is 10.0. The van der Waals surface area contributed by atoms with Crippen molar-refractivity contribution >= 4 is 28.3 Å². The number of aliphatic carboxylic acids is 1. The van der Waals surface area contributed by atoms with Gasteiger partial charge in [-0.2, -0.15) is 0 Å². The van der Waals surface area contributed by atoms with Crippen LogP contribution < -0.4 is 4.90 Å². The predicted octanol–water partition coefficient (Wildman–Crippen LogP) is 2.31. The van der Waals surface area contributed by atoms with E-state index in [-0.39, 0.29) is 6.42 Å². The van der Waals surface area contributed by atoms with E-state index in [1.54, 1.807) is 12.1 Å². The van der Waals surface area contributed by atoms with Crippen LogP contribution >= 0.6 is 11.3 Å². The second-order valence-electron chi connectivity index (χ2n) is 3.95. The highest BCUT2D eigenvalue weighted by Crippen LogP contribution is 2.32. The number of aryl methyl sites for hydroxylation is 1. The maximum atomic E-state index is 11.7. The molecular formula is C13H17NO4S. The topological polar surface area (TPSA) is 66.8 Å². The van der Waals surface area contributed by atoms with E-state index in [9.17, 15) is 9.59 Å². The van der Waals surface area contributed by atoms with E-state index in [0.29, 0.717) is 18.7 Å². The molecule has 19 heavy (non-hydrogen) atoms. The first-order valence-electron chi connectivity index (χ1n) is 5.76. The zero-order chi connectivity index (χ0) is 14.4. The van der Waals surface area contributed by atoms with Gasteiger partial charge in [-0.15, -0.1) is 17.9 Å². The van der Waals surface area contributed by atoms with E-state index in [2.05, 4.69) is 6.58 Å². The van der Waals surface area contributed by atoms with Gasteiger partial charge < -0.3 is 14.7 Å². The number of rotatable bonds is 7. The summed E-state index contributed by atoms with van der Waals surface area (Å²) in [6.45, 7) is 6.35. The van der Waals surface area contributed by atoms with Crippen molar-refractivity contribution in [2.24, 2.45) is 0 Å². The molecule has 0 unspecified atom stereocenters. The van der Waals surface area contributed by atoms with Crippen molar-refractivity contribution in [3.05, 3.63) is 29.2 Å². The van der Waals surface area contributed by atoms with Crippen LogP contribution in [0, 0.1) is 6.92 Å². The Morgan fingerprint density at radius 3 is 2.79 bits per heavy atom. The maximum absolute atomic E-state index is 11.7. The van der Waals surface area contributed by atoms with E-state index in [4.69, 9.17) is 9.84 Å². The third-order valence-electron chi connectivity index (χ3n) is 2.47. The molecular weight excluding hydrogens is 266 g/mol. The van der Waals surface area contributed by atoms with Crippen molar-refractivity contribution in [1.82, 2.24) is 0 Å². The van der Waals surface area contributed by atoms with Gasteiger partial charge in [-0.25, -0.2) is 4.79 Å². The van der Waals surface area contributed by atoms with Gasteiger partial charge >= 0.3 is 11.9 Å². The van der Waals surface area contributed by atoms with Crippen molar-refractivity contribution in [3.63, 3.8) is 0 Å². The molecule has 104 valence electrons. The molecule has 1 heterocycles. The molecule has 1 N–H and O–H groups in total. The molecule has 0 bridgehead atoms. The van der Waals surface area contributed by atoms with Crippen LogP contribution in [0.3, 0.4) is 0 Å². The summed E-state index contributed by atoms with van der Waals surface area (Å²) in [4.78, 5) is 25.2. The highest BCUT2D eigenvalue weighted by Gasteiger charge is 2.20. The van der Waals surface area contributed by atoms with Gasteiger partial charge in [0.05, 0.1) is 19.1 Å². The summed E-state index contributed by atoms with van der Waals surface area (Å²) < 4.78 is 4.74. The zero-order valence-electron chi connectivity index (χ0n) is 11.0. The number of thiophene rings is 1. The Balaban J connectivity index is 3.03. The van der Waals surface area contributed by atoms with Gasteiger partial charge in [0, 0.05) is 18.0 Å². The van der Waals surface area contributed by atoms with Gasteiger partial charge in [-0.05, 0) is 13.0 Å². The Morgan fingerprint density at radius 1 is 1.58 bits per heavy atom. The minimum atomic E-state index is -0.873. The largest absolute Gasteiger partial charge is 0.481 e. The lowest BCUT2D eigenvalue weighted by molar-refractivity contribution is -0.136. The lowest BCUT2D eigenvalue weighted by atomic mass is 10.2. The van der Waals surface area contributed by atoms with Gasteiger partial charge in [-0.3, -0.25) is 4.79 Å². The molecule has 0 radical (unpaired) electrons. The number of anilines is 1. The predicted molar refractivity (Wildman–Crippen MR) is 75.1 cm³/mol. The van der Waals surface area contributed by atoms with Crippen LogP contribution in [-0.4, -0.2) is 37.2 Å². The van der Waals surface area contributed by atoms with Gasteiger partial charge in [0.25, 0.3) is 0 Å². The van der Waals surface area contributed by atoms with Crippen LogP contribution in [0.4, 0.5) is 5.00 Å². The summed E-state index contributed by atoms with van der Waals surface area (Å²) in [6, 6.07) is 1.75. The minimum Gasteiger partial charge on any atom is -0.481 e. The third-order valence-corrected chi connectivity index (χ3v) is 3.58. The van der Waals surface area contributed by atoms with Crippen LogP contribution in [0.1, 0.15) is 21.7 Å². The summed E-state index contributed by atoms with van der Waals surface area (Å²) in [5.41, 5.74) is 0.470. The molecule has 0 aliphatic carbocycles. The number of carbonyl (C=O) groups is 2. The summed E-state index contributed by atoms with van der Waals surface area (Å²) in [5.74, 6) is -1.29. The Morgan fingerprint density at radius 2 is 2.26 bits per heavy atom. The van der Waals surface area contributed by atoms with Crippen molar-refractivity contribution in [1.29, 1.82) is 0 Å². The van der Waals surface area contributed by atoms with Crippen LogP contribution in [0.2, 0.25) is 0 Å². The van der Waals surface area contributed by atoms with E-state index in [1.807, 2.05) is 11.8 Å². The first-order chi connectivity index (χ1) is 8.99. The van der Waals surface area contributed by atoms with Crippen molar-refractivity contribution in [2.75, 3.05) is 25.1 Å². The summed E-state index contributed by atoms with van der Waals surface area (Å²) >= 11 is 1.44. The average molecular weight is 283 g/mol. The Labute approximate surface area is 116 Å². The molecule has 0 fully saturated rings. The van der Waals surface area contributed by atoms with Crippen LogP contribution in [0.25, 0.3) is 0 Å². The van der Waals surface area contributed by atoms with Gasteiger partial charge in [0.2, 0.25) is 0 Å². The van der Waals surface area contributed by atoms with Gasteiger partial charge in [0.15, 0.2) is 0 Å². The molecule has 6 heteroatoms. The minimum absolute atomic E-state index is 0.00536. The Kier molecular flexibility index (Phi) is 5.57. The number of esters is 1. The molecule has 1 rings (SSSR count). The number of nitrogens with zero attached hydrogens (tertiary/aromatic N) is 1.